The Bertz CT molecular complexity index is 552. The van der Waals surface area contributed by atoms with Gasteiger partial charge in [-0.2, -0.15) is 4.39 Å². The third kappa shape index (κ3) is 1.44. The summed E-state index contributed by atoms with van der Waals surface area (Å²) in [7, 11) is 0. The van der Waals surface area contributed by atoms with Crippen LogP contribution in [0.5, 0.6) is 0 Å². The molecule has 0 saturated heterocycles. The zero-order chi connectivity index (χ0) is 11.0. The molecule has 1 heterocycles. The molecule has 0 radical (unpaired) electrons. The van der Waals surface area contributed by atoms with E-state index in [9.17, 15) is 9.18 Å². The first-order valence-corrected chi connectivity index (χ1v) is 4.39. The van der Waals surface area contributed by atoms with E-state index in [0.29, 0.717) is 16.5 Å². The number of carboxylic acid groups (broad SMARTS) is 1. The smallest absolute Gasteiger partial charge is 0.340 e. The molecule has 4 heteroatoms. The minimum absolute atomic E-state index is 0.353. The Labute approximate surface area is 85.2 Å². The molecule has 2 rings (SSSR count). The number of hydrogen-bond donors (Lipinski definition) is 1. The molecule has 1 aromatic carbocycles. The second-order valence-corrected chi connectivity index (χ2v) is 3.22. The summed E-state index contributed by atoms with van der Waals surface area (Å²) in [6, 6.07) is 6.87. The summed E-state index contributed by atoms with van der Waals surface area (Å²) in [5.74, 6) is -2.22. The van der Waals surface area contributed by atoms with E-state index in [1.165, 1.54) is 0 Å². The number of nitrogens with zero attached hydrogens (tertiary/aromatic N) is 1. The highest BCUT2D eigenvalue weighted by molar-refractivity contribution is 5.95. The molecule has 0 aliphatic carbocycles. The molecule has 1 aromatic heterocycles. The fourth-order valence-electron chi connectivity index (χ4n) is 1.59. The van der Waals surface area contributed by atoms with Crippen LogP contribution in [-0.4, -0.2) is 16.1 Å². The van der Waals surface area contributed by atoms with Gasteiger partial charge in [0.25, 0.3) is 0 Å². The average molecular weight is 205 g/mol. The van der Waals surface area contributed by atoms with Gasteiger partial charge in [0.15, 0.2) is 0 Å². The SMILES string of the molecule is Cc1c(C(=O)O)c(F)nc2ccccc12. The van der Waals surface area contributed by atoms with Crippen molar-refractivity contribution >= 4 is 16.9 Å². The second kappa shape index (κ2) is 3.31. The Morgan fingerprint density at radius 3 is 2.73 bits per heavy atom. The Kier molecular flexibility index (Phi) is 2.11. The zero-order valence-electron chi connectivity index (χ0n) is 7.99. The van der Waals surface area contributed by atoms with E-state index in [0.717, 1.165) is 0 Å². The summed E-state index contributed by atoms with van der Waals surface area (Å²) in [5, 5.41) is 9.49. The molecular formula is C11H8FNO2. The standard InChI is InChI=1S/C11H8FNO2/c1-6-7-4-2-3-5-8(7)13-10(12)9(6)11(14)15/h2-5H,1H3,(H,14,15). The van der Waals surface area contributed by atoms with E-state index in [-0.39, 0.29) is 5.56 Å². The van der Waals surface area contributed by atoms with E-state index < -0.39 is 11.9 Å². The number of para-hydroxylation sites is 1. The van der Waals surface area contributed by atoms with Gasteiger partial charge in [-0.3, -0.25) is 0 Å². The summed E-state index contributed by atoms with van der Waals surface area (Å²) in [5.41, 5.74) is 0.525. The number of fused-ring (bicyclic) bond motifs is 1. The average Bonchev–Trinajstić information content (AvgIpc) is 2.17. The van der Waals surface area contributed by atoms with E-state index >= 15 is 0 Å². The van der Waals surface area contributed by atoms with Crippen LogP contribution in [0.1, 0.15) is 15.9 Å². The number of carbonyl (C=O) groups is 1. The summed E-state index contributed by atoms with van der Waals surface area (Å²) in [6.45, 7) is 1.58. The van der Waals surface area contributed by atoms with Crippen LogP contribution in [0.3, 0.4) is 0 Å². The highest BCUT2D eigenvalue weighted by Crippen LogP contribution is 2.21. The van der Waals surface area contributed by atoms with Gasteiger partial charge >= 0.3 is 5.97 Å². The van der Waals surface area contributed by atoms with Gasteiger partial charge in [0.05, 0.1) is 5.52 Å². The lowest BCUT2D eigenvalue weighted by molar-refractivity contribution is 0.0690. The van der Waals surface area contributed by atoms with Gasteiger partial charge in [-0.15, -0.1) is 0 Å². The van der Waals surface area contributed by atoms with Gasteiger partial charge in [0.2, 0.25) is 5.95 Å². The maximum Gasteiger partial charge on any atom is 0.340 e. The molecule has 0 spiro atoms. The number of halogens is 1. The van der Waals surface area contributed by atoms with Crippen LogP contribution in [-0.2, 0) is 0 Å². The number of aromatic nitrogens is 1. The summed E-state index contributed by atoms with van der Waals surface area (Å²) >= 11 is 0. The highest BCUT2D eigenvalue weighted by Gasteiger charge is 2.17. The molecule has 0 aliphatic rings. The third-order valence-corrected chi connectivity index (χ3v) is 2.32. The Morgan fingerprint density at radius 2 is 2.07 bits per heavy atom. The minimum Gasteiger partial charge on any atom is -0.478 e. The molecular weight excluding hydrogens is 197 g/mol. The third-order valence-electron chi connectivity index (χ3n) is 2.32. The fraction of sp³-hybridized carbons (Fsp3) is 0.0909. The first kappa shape index (κ1) is 9.58. The predicted octanol–water partition coefficient (Wildman–Crippen LogP) is 2.38. The van der Waals surface area contributed by atoms with Crippen LogP contribution in [0.4, 0.5) is 4.39 Å². The van der Waals surface area contributed by atoms with Crippen LogP contribution >= 0.6 is 0 Å². The predicted molar refractivity (Wildman–Crippen MR) is 53.4 cm³/mol. The summed E-state index contributed by atoms with van der Waals surface area (Å²) in [6.07, 6.45) is 0. The highest BCUT2D eigenvalue weighted by atomic mass is 19.1. The van der Waals surface area contributed by atoms with Crippen LogP contribution in [0.15, 0.2) is 24.3 Å². The number of hydrogen-bond acceptors (Lipinski definition) is 2. The molecule has 1 N–H and O–H groups in total. The van der Waals surface area contributed by atoms with Crippen molar-refractivity contribution in [3.8, 4) is 0 Å². The lowest BCUT2D eigenvalue weighted by Gasteiger charge is -2.05. The van der Waals surface area contributed by atoms with Crippen molar-refractivity contribution in [1.29, 1.82) is 0 Å². The van der Waals surface area contributed by atoms with Crippen LogP contribution in [0.2, 0.25) is 0 Å². The Hall–Kier alpha value is -1.97. The Morgan fingerprint density at radius 1 is 1.40 bits per heavy atom. The van der Waals surface area contributed by atoms with Gasteiger partial charge in [-0.25, -0.2) is 9.78 Å². The van der Waals surface area contributed by atoms with Gasteiger partial charge in [-0.1, -0.05) is 18.2 Å². The van der Waals surface area contributed by atoms with E-state index in [2.05, 4.69) is 4.98 Å². The van der Waals surface area contributed by atoms with Crippen LogP contribution in [0, 0.1) is 12.9 Å². The number of aryl methyl sites for hydroxylation is 1. The van der Waals surface area contributed by atoms with Crippen molar-refractivity contribution in [2.24, 2.45) is 0 Å². The van der Waals surface area contributed by atoms with Crippen molar-refractivity contribution in [2.75, 3.05) is 0 Å². The van der Waals surface area contributed by atoms with E-state index in [1.54, 1.807) is 31.2 Å². The van der Waals surface area contributed by atoms with Gasteiger partial charge in [-0.05, 0) is 18.6 Å². The van der Waals surface area contributed by atoms with Crippen molar-refractivity contribution in [2.45, 2.75) is 6.92 Å². The first-order valence-electron chi connectivity index (χ1n) is 4.39. The normalized spacial score (nSPS) is 10.5. The first-order chi connectivity index (χ1) is 7.11. The molecule has 0 atom stereocenters. The van der Waals surface area contributed by atoms with Gasteiger partial charge in [0, 0.05) is 5.39 Å². The molecule has 0 amide bonds. The van der Waals surface area contributed by atoms with Crippen LogP contribution in [0.25, 0.3) is 10.9 Å². The largest absolute Gasteiger partial charge is 0.478 e. The molecule has 2 aromatic rings. The molecule has 0 saturated carbocycles. The Balaban J connectivity index is 2.90. The fourth-order valence-corrected chi connectivity index (χ4v) is 1.59. The van der Waals surface area contributed by atoms with Gasteiger partial charge < -0.3 is 5.11 Å². The molecule has 15 heavy (non-hydrogen) atoms. The summed E-state index contributed by atoms with van der Waals surface area (Å²) in [4.78, 5) is 14.4. The van der Waals surface area contributed by atoms with Crippen molar-refractivity contribution in [3.63, 3.8) is 0 Å². The number of aromatic carboxylic acids is 1. The molecule has 0 aliphatic heterocycles. The lowest BCUT2D eigenvalue weighted by atomic mass is 10.1. The second-order valence-electron chi connectivity index (χ2n) is 3.22. The van der Waals surface area contributed by atoms with E-state index in [4.69, 9.17) is 5.11 Å². The minimum atomic E-state index is -1.29. The lowest BCUT2D eigenvalue weighted by Crippen LogP contribution is -2.06. The van der Waals surface area contributed by atoms with Gasteiger partial charge in [0.1, 0.15) is 5.56 Å². The maximum absolute atomic E-state index is 13.3. The van der Waals surface area contributed by atoms with Crippen molar-refractivity contribution in [3.05, 3.63) is 41.3 Å². The molecule has 0 unspecified atom stereocenters. The molecule has 0 bridgehead atoms. The quantitative estimate of drug-likeness (QED) is 0.727. The number of pyridine rings is 1. The number of rotatable bonds is 1. The maximum atomic E-state index is 13.3. The molecule has 0 fully saturated rings. The van der Waals surface area contributed by atoms with Crippen molar-refractivity contribution in [1.82, 2.24) is 4.98 Å². The molecule has 3 nitrogen and oxygen atoms in total. The van der Waals surface area contributed by atoms with E-state index in [1.807, 2.05) is 0 Å². The topological polar surface area (TPSA) is 50.2 Å². The summed E-state index contributed by atoms with van der Waals surface area (Å²) < 4.78 is 13.3. The zero-order valence-corrected chi connectivity index (χ0v) is 7.99. The monoisotopic (exact) mass is 205 g/mol. The number of benzene rings is 1. The van der Waals surface area contributed by atoms with Crippen LogP contribution < -0.4 is 0 Å². The molecule has 76 valence electrons. The van der Waals surface area contributed by atoms with Crippen molar-refractivity contribution < 1.29 is 14.3 Å². The number of carboxylic acids is 1.